The molecule has 0 aliphatic carbocycles. The van der Waals surface area contributed by atoms with E-state index in [4.69, 9.17) is 20.3 Å². The van der Waals surface area contributed by atoms with Crippen LogP contribution in [0.3, 0.4) is 0 Å². The summed E-state index contributed by atoms with van der Waals surface area (Å²) in [5.41, 5.74) is 6.11. The fourth-order valence-corrected chi connectivity index (χ4v) is 1.66. The number of aliphatic carboxylic acids is 1. The number of hydrogen-bond donors (Lipinski definition) is 3. The highest BCUT2D eigenvalue weighted by Gasteiger charge is 2.22. The average Bonchev–Trinajstić information content (AvgIpc) is 2.73. The summed E-state index contributed by atoms with van der Waals surface area (Å²) >= 11 is 0. The van der Waals surface area contributed by atoms with E-state index in [1.807, 2.05) is 0 Å². The van der Waals surface area contributed by atoms with Crippen molar-refractivity contribution >= 4 is 5.97 Å². The third-order valence-electron chi connectivity index (χ3n) is 2.55. The van der Waals surface area contributed by atoms with Crippen LogP contribution in [0.15, 0.2) is 18.2 Å². The van der Waals surface area contributed by atoms with E-state index in [2.05, 4.69) is 0 Å². The minimum Gasteiger partial charge on any atom is -0.481 e. The van der Waals surface area contributed by atoms with Crippen molar-refractivity contribution in [3.05, 3.63) is 23.8 Å². The molecule has 0 spiro atoms. The lowest BCUT2D eigenvalue weighted by Crippen LogP contribution is -2.30. The summed E-state index contributed by atoms with van der Waals surface area (Å²) in [6, 6.07) is 4.05. The number of aliphatic hydroxyl groups is 1. The first kappa shape index (κ1) is 11.7. The minimum atomic E-state index is -1.04. The molecule has 6 heteroatoms. The Hall–Kier alpha value is -1.79. The van der Waals surface area contributed by atoms with Crippen LogP contribution in [-0.4, -0.2) is 29.0 Å². The minimum absolute atomic E-state index is 0.149. The number of hydrogen-bond acceptors (Lipinski definition) is 5. The summed E-state index contributed by atoms with van der Waals surface area (Å²) in [5.74, 6) is 0.0918. The van der Waals surface area contributed by atoms with Gasteiger partial charge < -0.3 is 25.4 Å². The Morgan fingerprint density at radius 1 is 1.41 bits per heavy atom. The van der Waals surface area contributed by atoms with Gasteiger partial charge >= 0.3 is 5.97 Å². The smallest absolute Gasteiger partial charge is 0.305 e. The third kappa shape index (κ3) is 2.48. The summed E-state index contributed by atoms with van der Waals surface area (Å²) < 4.78 is 10.3. The maximum atomic E-state index is 10.5. The van der Waals surface area contributed by atoms with Gasteiger partial charge in [0.25, 0.3) is 0 Å². The Morgan fingerprint density at radius 2 is 2.12 bits per heavy atom. The van der Waals surface area contributed by atoms with Gasteiger partial charge in [0.2, 0.25) is 6.79 Å². The van der Waals surface area contributed by atoms with Crippen molar-refractivity contribution in [2.24, 2.45) is 5.73 Å². The summed E-state index contributed by atoms with van der Waals surface area (Å²) in [7, 11) is 0. The Kier molecular flexibility index (Phi) is 3.16. The maximum absolute atomic E-state index is 10.5. The molecule has 1 aromatic rings. The van der Waals surface area contributed by atoms with Crippen LogP contribution in [-0.2, 0) is 4.79 Å². The molecular formula is C11H13NO5. The SMILES string of the molecule is NC(CC(=O)O)C(O)c1ccc2c(c1)OCO2. The highest BCUT2D eigenvalue weighted by atomic mass is 16.7. The van der Waals surface area contributed by atoms with Crippen molar-refractivity contribution < 1.29 is 24.5 Å². The molecule has 2 atom stereocenters. The lowest BCUT2D eigenvalue weighted by Gasteiger charge is -2.17. The highest BCUT2D eigenvalue weighted by Crippen LogP contribution is 2.34. The first-order valence-electron chi connectivity index (χ1n) is 5.13. The molecule has 0 fully saturated rings. The quantitative estimate of drug-likeness (QED) is 0.696. The van der Waals surface area contributed by atoms with Crippen LogP contribution >= 0.6 is 0 Å². The van der Waals surface area contributed by atoms with Gasteiger partial charge in [-0.1, -0.05) is 6.07 Å². The van der Waals surface area contributed by atoms with Crippen molar-refractivity contribution in [1.29, 1.82) is 0 Å². The molecule has 2 rings (SSSR count). The first-order chi connectivity index (χ1) is 8.08. The van der Waals surface area contributed by atoms with Gasteiger partial charge in [-0.15, -0.1) is 0 Å². The second kappa shape index (κ2) is 4.60. The lowest BCUT2D eigenvalue weighted by atomic mass is 10.0. The fourth-order valence-electron chi connectivity index (χ4n) is 1.66. The van der Waals surface area contributed by atoms with E-state index in [9.17, 15) is 9.90 Å². The Labute approximate surface area is 97.6 Å². The Balaban J connectivity index is 2.14. The van der Waals surface area contributed by atoms with Crippen molar-refractivity contribution in [2.75, 3.05) is 6.79 Å². The van der Waals surface area contributed by atoms with Crippen LogP contribution < -0.4 is 15.2 Å². The lowest BCUT2D eigenvalue weighted by molar-refractivity contribution is -0.138. The number of aliphatic hydroxyl groups excluding tert-OH is 1. The van der Waals surface area contributed by atoms with Crippen LogP contribution in [0, 0.1) is 0 Å². The van der Waals surface area contributed by atoms with Crippen LogP contribution in [0.4, 0.5) is 0 Å². The number of nitrogens with two attached hydrogens (primary N) is 1. The van der Waals surface area contributed by atoms with Crippen LogP contribution in [0.2, 0.25) is 0 Å². The molecule has 17 heavy (non-hydrogen) atoms. The van der Waals surface area contributed by atoms with Gasteiger partial charge in [0, 0.05) is 6.04 Å². The number of rotatable bonds is 4. The number of fused-ring (bicyclic) bond motifs is 1. The van der Waals surface area contributed by atoms with Crippen LogP contribution in [0.25, 0.3) is 0 Å². The molecule has 4 N–H and O–H groups in total. The zero-order valence-corrected chi connectivity index (χ0v) is 9.00. The van der Waals surface area contributed by atoms with Gasteiger partial charge in [-0.25, -0.2) is 0 Å². The predicted octanol–water partition coefficient (Wildman–Crippen LogP) is 0.251. The van der Waals surface area contributed by atoms with Gasteiger partial charge in [-0.2, -0.15) is 0 Å². The van der Waals surface area contributed by atoms with Crippen molar-refractivity contribution in [3.63, 3.8) is 0 Å². The number of carbonyl (C=O) groups is 1. The van der Waals surface area contributed by atoms with Crippen molar-refractivity contribution in [3.8, 4) is 11.5 Å². The van der Waals surface area contributed by atoms with E-state index in [1.54, 1.807) is 18.2 Å². The molecule has 1 heterocycles. The van der Waals surface area contributed by atoms with Gasteiger partial charge in [0.1, 0.15) is 0 Å². The van der Waals surface area contributed by atoms with Crippen molar-refractivity contribution in [1.82, 2.24) is 0 Å². The average molecular weight is 239 g/mol. The molecule has 6 nitrogen and oxygen atoms in total. The molecule has 2 unspecified atom stereocenters. The molecule has 0 aromatic heterocycles. The molecular weight excluding hydrogens is 226 g/mol. The van der Waals surface area contributed by atoms with Gasteiger partial charge in [0.05, 0.1) is 12.5 Å². The molecule has 0 saturated heterocycles. The monoisotopic (exact) mass is 239 g/mol. The summed E-state index contributed by atoms with van der Waals surface area (Å²) in [5, 5.41) is 18.5. The molecule has 0 amide bonds. The van der Waals surface area contributed by atoms with Gasteiger partial charge in [-0.3, -0.25) is 4.79 Å². The van der Waals surface area contributed by atoms with E-state index in [1.165, 1.54) is 0 Å². The molecule has 1 aromatic carbocycles. The van der Waals surface area contributed by atoms with E-state index >= 15 is 0 Å². The molecule has 1 aliphatic rings. The molecule has 92 valence electrons. The van der Waals surface area contributed by atoms with Crippen molar-refractivity contribution in [2.45, 2.75) is 18.6 Å². The van der Waals surface area contributed by atoms with Gasteiger partial charge in [-0.05, 0) is 17.7 Å². The predicted molar refractivity (Wildman–Crippen MR) is 57.8 cm³/mol. The number of carboxylic acids is 1. The van der Waals surface area contributed by atoms with Crippen LogP contribution in [0.1, 0.15) is 18.1 Å². The largest absolute Gasteiger partial charge is 0.481 e. The Morgan fingerprint density at radius 3 is 2.82 bits per heavy atom. The molecule has 0 bridgehead atoms. The third-order valence-corrected chi connectivity index (χ3v) is 2.55. The summed E-state index contributed by atoms with van der Waals surface area (Å²) in [6.07, 6.45) is -1.34. The zero-order chi connectivity index (χ0) is 12.4. The zero-order valence-electron chi connectivity index (χ0n) is 9.00. The first-order valence-corrected chi connectivity index (χ1v) is 5.13. The molecule has 1 aliphatic heterocycles. The van der Waals surface area contributed by atoms with E-state index < -0.39 is 18.1 Å². The van der Waals surface area contributed by atoms with E-state index in [0.717, 1.165) is 0 Å². The normalized spacial score (nSPS) is 16.6. The van der Waals surface area contributed by atoms with E-state index in [0.29, 0.717) is 17.1 Å². The van der Waals surface area contributed by atoms with Crippen LogP contribution in [0.5, 0.6) is 11.5 Å². The fraction of sp³-hybridized carbons (Fsp3) is 0.364. The number of ether oxygens (including phenoxy) is 2. The molecule has 0 radical (unpaired) electrons. The number of carboxylic acid groups (broad SMARTS) is 1. The Bertz CT molecular complexity index is 434. The van der Waals surface area contributed by atoms with Gasteiger partial charge in [0.15, 0.2) is 11.5 Å². The summed E-state index contributed by atoms with van der Waals surface area (Å²) in [6.45, 7) is 0.149. The van der Waals surface area contributed by atoms with E-state index in [-0.39, 0.29) is 13.2 Å². The summed E-state index contributed by atoms with van der Waals surface area (Å²) in [4.78, 5) is 10.5. The molecule has 0 saturated carbocycles. The second-order valence-electron chi connectivity index (χ2n) is 3.82. The topological polar surface area (TPSA) is 102 Å². The maximum Gasteiger partial charge on any atom is 0.305 e. The second-order valence-corrected chi connectivity index (χ2v) is 3.82. The number of benzene rings is 1. The standard InChI is InChI=1S/C11H13NO5/c12-7(4-10(13)14)11(15)6-1-2-8-9(3-6)17-5-16-8/h1-3,7,11,15H,4-5,12H2,(H,13,14). The highest BCUT2D eigenvalue weighted by molar-refractivity contribution is 5.67.